The van der Waals surface area contributed by atoms with E-state index in [4.69, 9.17) is 16.2 Å². The number of hydrogen-bond donors (Lipinski definition) is 1. The van der Waals surface area contributed by atoms with Gasteiger partial charge < -0.3 is 14.4 Å². The Morgan fingerprint density at radius 2 is 1.93 bits per heavy atom. The SMILES string of the molecule is C[N+](C)(C)CC(=O)[O-].Cc1sc2ccc(Cl)cc2[n+]1CCCCS(=O)(=O)O. The molecule has 7 nitrogen and oxygen atoms in total. The minimum atomic E-state index is -3.85. The van der Waals surface area contributed by atoms with Gasteiger partial charge in [-0.2, -0.15) is 13.0 Å². The second-order valence-electron chi connectivity index (χ2n) is 7.20. The van der Waals surface area contributed by atoms with Crippen LogP contribution in [0.3, 0.4) is 0 Å². The summed E-state index contributed by atoms with van der Waals surface area (Å²) in [7, 11) is 1.55. The highest BCUT2D eigenvalue weighted by molar-refractivity contribution is 7.85. The van der Waals surface area contributed by atoms with E-state index in [9.17, 15) is 18.3 Å². The number of unbranched alkanes of at least 4 members (excludes halogenated alkanes) is 1. The Kier molecular flexibility index (Phi) is 8.62. The van der Waals surface area contributed by atoms with Gasteiger partial charge >= 0.3 is 0 Å². The summed E-state index contributed by atoms with van der Waals surface area (Å²) in [6.07, 6.45) is 1.15. The molecule has 0 aliphatic carbocycles. The summed E-state index contributed by atoms with van der Waals surface area (Å²) in [4.78, 5) is 9.89. The molecule has 2 aromatic rings. The number of aromatic nitrogens is 1. The number of halogens is 1. The summed E-state index contributed by atoms with van der Waals surface area (Å²) < 4.78 is 33.7. The lowest BCUT2D eigenvalue weighted by Gasteiger charge is -2.23. The summed E-state index contributed by atoms with van der Waals surface area (Å²) in [6.45, 7) is 2.82. The smallest absolute Gasteiger partial charge is 0.264 e. The summed E-state index contributed by atoms with van der Waals surface area (Å²) >= 11 is 7.69. The number of hydrogen-bond acceptors (Lipinski definition) is 5. The molecule has 10 heteroatoms. The lowest BCUT2D eigenvalue weighted by Crippen LogP contribution is -2.45. The van der Waals surface area contributed by atoms with E-state index < -0.39 is 16.1 Å². The van der Waals surface area contributed by atoms with Gasteiger partial charge in [0.1, 0.15) is 17.8 Å². The minimum Gasteiger partial charge on any atom is -0.544 e. The van der Waals surface area contributed by atoms with Crippen LogP contribution in [0.15, 0.2) is 18.2 Å². The molecule has 2 rings (SSSR count). The third-order valence-electron chi connectivity index (χ3n) is 3.49. The molecule has 1 heterocycles. The van der Waals surface area contributed by atoms with Gasteiger partial charge in [0, 0.05) is 24.4 Å². The molecule has 0 aliphatic heterocycles. The molecule has 0 saturated heterocycles. The van der Waals surface area contributed by atoms with Crippen LogP contribution in [0, 0.1) is 6.92 Å². The molecular formula is C17H26ClN2O5S2+. The highest BCUT2D eigenvalue weighted by Crippen LogP contribution is 2.23. The molecule has 0 atom stereocenters. The van der Waals surface area contributed by atoms with Crippen LogP contribution in [0.4, 0.5) is 0 Å². The number of nitrogens with zero attached hydrogens (tertiary/aromatic N) is 2. The number of carboxylic acids is 1. The van der Waals surface area contributed by atoms with Gasteiger partial charge in [0.15, 0.2) is 0 Å². The van der Waals surface area contributed by atoms with Crippen molar-refractivity contribution in [1.29, 1.82) is 0 Å². The highest BCUT2D eigenvalue weighted by atomic mass is 35.5. The number of thiazole rings is 1. The van der Waals surface area contributed by atoms with Gasteiger partial charge in [0.2, 0.25) is 10.5 Å². The normalized spacial score (nSPS) is 11.9. The number of carbonyl (C=O) groups excluding carboxylic acids is 1. The van der Waals surface area contributed by atoms with E-state index in [1.807, 2.05) is 25.1 Å². The Balaban J connectivity index is 0.000000387. The molecule has 0 unspecified atom stereocenters. The van der Waals surface area contributed by atoms with Crippen molar-refractivity contribution in [1.82, 2.24) is 0 Å². The van der Waals surface area contributed by atoms with Crippen molar-refractivity contribution in [2.45, 2.75) is 26.3 Å². The fourth-order valence-corrected chi connectivity index (χ4v) is 4.15. The van der Waals surface area contributed by atoms with E-state index in [-0.39, 0.29) is 12.3 Å². The van der Waals surface area contributed by atoms with Gasteiger partial charge in [-0.05, 0) is 18.6 Å². The fraction of sp³-hybridized carbons (Fsp3) is 0.529. The highest BCUT2D eigenvalue weighted by Gasteiger charge is 2.17. The van der Waals surface area contributed by atoms with Gasteiger partial charge in [0.05, 0.1) is 32.9 Å². The van der Waals surface area contributed by atoms with Crippen molar-refractivity contribution in [2.75, 3.05) is 33.4 Å². The molecule has 0 bridgehead atoms. The molecule has 0 fully saturated rings. The summed E-state index contributed by atoms with van der Waals surface area (Å²) in [5.74, 6) is -1.19. The van der Waals surface area contributed by atoms with Crippen molar-refractivity contribution in [3.8, 4) is 0 Å². The average Bonchev–Trinajstić information content (AvgIpc) is 2.76. The van der Waals surface area contributed by atoms with Gasteiger partial charge in [-0.1, -0.05) is 22.9 Å². The molecule has 27 heavy (non-hydrogen) atoms. The van der Waals surface area contributed by atoms with Crippen LogP contribution in [0.2, 0.25) is 5.02 Å². The second kappa shape index (κ2) is 9.79. The standard InChI is InChI=1S/C12H14ClNO3S2.C5H11NO2/c1-9-14(6-2-3-7-19(15,16)17)11-8-10(13)4-5-12(11)18-9;1-6(2,3)4-5(7)8/h4-5,8H,2-3,6-7H2,1H3;4H2,1-3H3/p+1. The van der Waals surface area contributed by atoms with Crippen LogP contribution < -0.4 is 9.67 Å². The van der Waals surface area contributed by atoms with Crippen molar-refractivity contribution in [3.63, 3.8) is 0 Å². The molecular weight excluding hydrogens is 412 g/mol. The number of aryl methyl sites for hydroxylation is 2. The largest absolute Gasteiger partial charge is 0.544 e. The van der Waals surface area contributed by atoms with E-state index in [1.165, 1.54) is 0 Å². The molecule has 0 spiro atoms. The number of aliphatic carboxylic acids is 1. The van der Waals surface area contributed by atoms with Gasteiger partial charge in [-0.25, -0.2) is 0 Å². The molecule has 0 saturated carbocycles. The first-order valence-electron chi connectivity index (χ1n) is 8.32. The van der Waals surface area contributed by atoms with Gasteiger partial charge in [-0.3, -0.25) is 4.55 Å². The van der Waals surface area contributed by atoms with Crippen molar-refractivity contribution >= 4 is 49.2 Å². The Hall–Kier alpha value is -1.26. The maximum Gasteiger partial charge on any atom is 0.264 e. The minimum absolute atomic E-state index is 0.0694. The zero-order valence-corrected chi connectivity index (χ0v) is 18.3. The van der Waals surface area contributed by atoms with Crippen molar-refractivity contribution < 1.29 is 31.9 Å². The number of rotatable bonds is 7. The van der Waals surface area contributed by atoms with Crippen LogP contribution >= 0.6 is 22.9 Å². The average molecular weight is 438 g/mol. The molecule has 152 valence electrons. The number of quaternary nitrogens is 1. The number of likely N-dealkylation sites (N-methyl/N-ethyl adjacent to an activating group) is 1. The Bertz CT molecular complexity index is 889. The van der Waals surface area contributed by atoms with Crippen molar-refractivity contribution in [2.24, 2.45) is 0 Å². The zero-order chi connectivity index (χ0) is 20.8. The predicted octanol–water partition coefficient (Wildman–Crippen LogP) is 1.26. The predicted molar refractivity (Wildman–Crippen MR) is 105 cm³/mol. The molecule has 1 N–H and O–H groups in total. The third-order valence-corrected chi connectivity index (χ3v) is 5.61. The Morgan fingerprint density at radius 1 is 1.30 bits per heavy atom. The quantitative estimate of drug-likeness (QED) is 0.304. The van der Waals surface area contributed by atoms with E-state index in [0.717, 1.165) is 21.8 Å². The van der Waals surface area contributed by atoms with Crippen LogP contribution in [-0.2, 0) is 21.5 Å². The number of benzene rings is 1. The zero-order valence-electron chi connectivity index (χ0n) is 15.9. The molecule has 0 amide bonds. The molecule has 0 radical (unpaired) electrons. The second-order valence-corrected chi connectivity index (χ2v) is 10.4. The summed E-state index contributed by atoms with van der Waals surface area (Å²) in [5.41, 5.74) is 1.07. The third kappa shape index (κ3) is 9.48. The molecule has 1 aromatic carbocycles. The lowest BCUT2D eigenvalue weighted by molar-refractivity contribution is -0.864. The topological polar surface area (TPSA) is 98.4 Å². The van der Waals surface area contributed by atoms with E-state index in [1.54, 1.807) is 32.5 Å². The van der Waals surface area contributed by atoms with Gasteiger partial charge in [0.25, 0.3) is 10.1 Å². The van der Waals surface area contributed by atoms with Crippen LogP contribution in [0.25, 0.3) is 10.2 Å². The van der Waals surface area contributed by atoms with Crippen LogP contribution in [-0.4, -0.2) is 56.9 Å². The van der Waals surface area contributed by atoms with E-state index in [2.05, 4.69) is 4.57 Å². The summed E-state index contributed by atoms with van der Waals surface area (Å²) in [6, 6.07) is 5.77. The Morgan fingerprint density at radius 3 is 2.41 bits per heavy atom. The fourth-order valence-electron chi connectivity index (χ4n) is 2.39. The van der Waals surface area contributed by atoms with Crippen LogP contribution in [0.5, 0.6) is 0 Å². The number of fused-ring (bicyclic) bond motifs is 1. The van der Waals surface area contributed by atoms with Crippen LogP contribution in [0.1, 0.15) is 17.8 Å². The number of carbonyl (C=O) groups is 1. The number of carboxylic acid groups (broad SMARTS) is 1. The first-order chi connectivity index (χ1) is 12.3. The lowest BCUT2D eigenvalue weighted by atomic mass is 10.3. The molecule has 0 aliphatic rings. The Labute approximate surface area is 169 Å². The van der Waals surface area contributed by atoms with E-state index >= 15 is 0 Å². The molecule has 1 aromatic heterocycles. The maximum atomic E-state index is 10.6. The first-order valence-corrected chi connectivity index (χ1v) is 11.1. The van der Waals surface area contributed by atoms with Crippen molar-refractivity contribution in [3.05, 3.63) is 28.2 Å². The maximum absolute atomic E-state index is 10.6. The summed E-state index contributed by atoms with van der Waals surface area (Å²) in [5, 5.41) is 11.7. The van der Waals surface area contributed by atoms with Gasteiger partial charge in [-0.15, -0.1) is 0 Å². The van der Waals surface area contributed by atoms with E-state index in [0.29, 0.717) is 22.3 Å². The monoisotopic (exact) mass is 437 g/mol. The first kappa shape index (κ1) is 23.8.